The molecular weight excluding hydrogens is 274 g/mol. The van der Waals surface area contributed by atoms with Gasteiger partial charge in [0.25, 0.3) is 0 Å². The monoisotopic (exact) mass is 289 g/mol. The van der Waals surface area contributed by atoms with Crippen LogP contribution in [0.2, 0.25) is 0 Å². The van der Waals surface area contributed by atoms with Gasteiger partial charge in [-0.15, -0.1) is 0 Å². The average Bonchev–Trinajstić information content (AvgIpc) is 2.89. The summed E-state index contributed by atoms with van der Waals surface area (Å²) in [7, 11) is 0. The Morgan fingerprint density at radius 2 is 2.24 bits per heavy atom. The summed E-state index contributed by atoms with van der Waals surface area (Å²) in [4.78, 5) is 23.3. The topological polar surface area (TPSA) is 88.8 Å². The van der Waals surface area contributed by atoms with Crippen LogP contribution < -0.4 is 10.1 Å². The molecule has 6 heteroatoms. The van der Waals surface area contributed by atoms with E-state index < -0.39 is 5.92 Å². The number of carbonyl (C=O) groups is 2. The van der Waals surface area contributed by atoms with Gasteiger partial charge >= 0.3 is 0 Å². The maximum Gasteiger partial charge on any atom is 0.234 e. The predicted molar refractivity (Wildman–Crippen MR) is 73.9 cm³/mol. The number of hydrogen-bond donors (Lipinski definition) is 2. The van der Waals surface area contributed by atoms with Crippen LogP contribution in [0, 0.1) is 0 Å². The molecule has 1 aliphatic heterocycles. The van der Waals surface area contributed by atoms with Gasteiger partial charge in [0, 0.05) is 12.0 Å². The standard InChI is InChI=1S/C15H15NO5/c17-6-7-20-11-2-1-3-12-14(11)10(8-21-12)9-4-5-13(18)16-15(9)19/h1-3,8-9,17H,4-7H2,(H,16,18,19). The molecule has 2 amide bonds. The number of carbonyl (C=O) groups excluding carboxylic acids is 2. The van der Waals surface area contributed by atoms with Gasteiger partial charge in [-0.1, -0.05) is 6.07 Å². The molecule has 1 saturated heterocycles. The zero-order chi connectivity index (χ0) is 14.8. The summed E-state index contributed by atoms with van der Waals surface area (Å²) in [5, 5.41) is 12.0. The van der Waals surface area contributed by atoms with Crippen LogP contribution in [0.4, 0.5) is 0 Å². The highest BCUT2D eigenvalue weighted by Gasteiger charge is 2.31. The number of furan rings is 1. The molecule has 1 aromatic carbocycles. The molecule has 2 aromatic rings. The first-order valence-electron chi connectivity index (χ1n) is 6.78. The Hall–Kier alpha value is -2.34. The molecule has 21 heavy (non-hydrogen) atoms. The highest BCUT2D eigenvalue weighted by molar-refractivity contribution is 6.03. The molecule has 1 aliphatic rings. The zero-order valence-electron chi connectivity index (χ0n) is 11.3. The average molecular weight is 289 g/mol. The summed E-state index contributed by atoms with van der Waals surface area (Å²) in [5.74, 6) is -0.426. The largest absolute Gasteiger partial charge is 0.490 e. The fourth-order valence-corrected chi connectivity index (χ4v) is 2.60. The van der Waals surface area contributed by atoms with Crippen molar-refractivity contribution in [1.82, 2.24) is 5.32 Å². The number of amides is 2. The van der Waals surface area contributed by atoms with Crippen molar-refractivity contribution in [2.75, 3.05) is 13.2 Å². The van der Waals surface area contributed by atoms with Crippen molar-refractivity contribution in [3.63, 3.8) is 0 Å². The Bertz CT molecular complexity index is 690. The van der Waals surface area contributed by atoms with Crippen molar-refractivity contribution in [2.45, 2.75) is 18.8 Å². The summed E-state index contributed by atoms with van der Waals surface area (Å²) in [6.45, 7) is 0.0705. The molecule has 2 N–H and O–H groups in total. The molecule has 110 valence electrons. The van der Waals surface area contributed by atoms with Gasteiger partial charge in [0.15, 0.2) is 0 Å². The van der Waals surface area contributed by atoms with E-state index in [1.54, 1.807) is 18.2 Å². The van der Waals surface area contributed by atoms with Crippen molar-refractivity contribution >= 4 is 22.8 Å². The molecule has 2 heterocycles. The first-order valence-corrected chi connectivity index (χ1v) is 6.78. The number of fused-ring (bicyclic) bond motifs is 1. The maximum absolute atomic E-state index is 12.0. The molecule has 0 bridgehead atoms. The lowest BCUT2D eigenvalue weighted by Crippen LogP contribution is -2.39. The van der Waals surface area contributed by atoms with E-state index in [0.717, 1.165) is 5.39 Å². The molecule has 1 fully saturated rings. The number of rotatable bonds is 4. The molecular formula is C15H15NO5. The van der Waals surface area contributed by atoms with Crippen molar-refractivity contribution < 1.29 is 23.8 Å². The number of hydrogen-bond acceptors (Lipinski definition) is 5. The highest BCUT2D eigenvalue weighted by Crippen LogP contribution is 2.37. The van der Waals surface area contributed by atoms with Gasteiger partial charge < -0.3 is 14.3 Å². The van der Waals surface area contributed by atoms with Crippen LogP contribution in [0.15, 0.2) is 28.9 Å². The van der Waals surface area contributed by atoms with Gasteiger partial charge in [-0.25, -0.2) is 0 Å². The molecule has 0 radical (unpaired) electrons. The molecule has 3 rings (SSSR count). The third-order valence-electron chi connectivity index (χ3n) is 3.55. The van der Waals surface area contributed by atoms with Crippen molar-refractivity contribution in [1.29, 1.82) is 0 Å². The second-order valence-corrected chi connectivity index (χ2v) is 4.90. The van der Waals surface area contributed by atoms with Crippen LogP contribution in [0.1, 0.15) is 24.3 Å². The van der Waals surface area contributed by atoms with Crippen LogP contribution in [-0.2, 0) is 9.59 Å². The Morgan fingerprint density at radius 3 is 3.00 bits per heavy atom. The lowest BCUT2D eigenvalue weighted by molar-refractivity contribution is -0.134. The highest BCUT2D eigenvalue weighted by atomic mass is 16.5. The Kier molecular flexibility index (Phi) is 3.62. The van der Waals surface area contributed by atoms with Crippen molar-refractivity contribution in [2.24, 2.45) is 0 Å². The normalized spacial score (nSPS) is 18.8. The van der Waals surface area contributed by atoms with Crippen LogP contribution in [0.25, 0.3) is 11.0 Å². The van der Waals surface area contributed by atoms with Crippen molar-refractivity contribution in [3.05, 3.63) is 30.0 Å². The van der Waals surface area contributed by atoms with Gasteiger partial charge in [-0.05, 0) is 18.6 Å². The van der Waals surface area contributed by atoms with E-state index in [2.05, 4.69) is 5.32 Å². The van der Waals surface area contributed by atoms with E-state index in [9.17, 15) is 9.59 Å². The summed E-state index contributed by atoms with van der Waals surface area (Å²) < 4.78 is 11.0. The van der Waals surface area contributed by atoms with Gasteiger partial charge in [-0.2, -0.15) is 0 Å². The summed E-state index contributed by atoms with van der Waals surface area (Å²) in [5.41, 5.74) is 1.33. The van der Waals surface area contributed by atoms with E-state index in [0.29, 0.717) is 29.7 Å². The molecule has 6 nitrogen and oxygen atoms in total. The smallest absolute Gasteiger partial charge is 0.234 e. The third-order valence-corrected chi connectivity index (χ3v) is 3.55. The van der Waals surface area contributed by atoms with Crippen molar-refractivity contribution in [3.8, 4) is 5.75 Å². The minimum absolute atomic E-state index is 0.0952. The number of aliphatic hydroxyl groups is 1. The summed E-state index contributed by atoms with van der Waals surface area (Å²) in [6, 6.07) is 5.34. The van der Waals surface area contributed by atoms with Crippen LogP contribution >= 0.6 is 0 Å². The molecule has 1 atom stereocenters. The number of aliphatic hydroxyl groups excluding tert-OH is 1. The fraction of sp³-hybridized carbons (Fsp3) is 0.333. The number of ether oxygens (including phenoxy) is 1. The molecule has 0 aliphatic carbocycles. The number of nitrogens with one attached hydrogen (secondary N) is 1. The number of benzene rings is 1. The van der Waals surface area contributed by atoms with E-state index >= 15 is 0 Å². The van der Waals surface area contributed by atoms with Gasteiger partial charge in [0.1, 0.15) is 17.9 Å². The molecule has 0 spiro atoms. The van der Waals surface area contributed by atoms with Gasteiger partial charge in [-0.3, -0.25) is 14.9 Å². The molecule has 1 aromatic heterocycles. The number of imide groups is 1. The fourth-order valence-electron chi connectivity index (χ4n) is 2.60. The predicted octanol–water partition coefficient (Wildman–Crippen LogP) is 1.32. The third kappa shape index (κ3) is 2.50. The molecule has 1 unspecified atom stereocenters. The van der Waals surface area contributed by atoms with E-state index in [4.69, 9.17) is 14.3 Å². The quantitative estimate of drug-likeness (QED) is 0.829. The van der Waals surface area contributed by atoms with Gasteiger partial charge in [0.2, 0.25) is 11.8 Å². The van der Waals surface area contributed by atoms with E-state index in [1.807, 2.05) is 0 Å². The Labute approximate surface area is 120 Å². The van der Waals surface area contributed by atoms with Crippen LogP contribution in [0.3, 0.4) is 0 Å². The minimum atomic E-state index is -0.428. The van der Waals surface area contributed by atoms with E-state index in [-0.39, 0.29) is 25.0 Å². The number of piperidine rings is 1. The maximum atomic E-state index is 12.0. The SMILES string of the molecule is O=C1CCC(c2coc3cccc(OCCO)c23)C(=O)N1. The second kappa shape index (κ2) is 5.57. The first kappa shape index (κ1) is 13.6. The second-order valence-electron chi connectivity index (χ2n) is 4.90. The van der Waals surface area contributed by atoms with Crippen LogP contribution in [0.5, 0.6) is 5.75 Å². The summed E-state index contributed by atoms with van der Waals surface area (Å²) in [6.07, 6.45) is 2.30. The Balaban J connectivity index is 2.02. The first-order chi connectivity index (χ1) is 10.2. The van der Waals surface area contributed by atoms with E-state index in [1.165, 1.54) is 6.26 Å². The lowest BCUT2D eigenvalue weighted by atomic mass is 9.90. The minimum Gasteiger partial charge on any atom is -0.490 e. The van der Waals surface area contributed by atoms with Crippen LogP contribution in [-0.4, -0.2) is 30.1 Å². The Morgan fingerprint density at radius 1 is 1.38 bits per heavy atom. The summed E-state index contributed by atoms with van der Waals surface area (Å²) >= 11 is 0. The van der Waals surface area contributed by atoms with Gasteiger partial charge in [0.05, 0.1) is 24.2 Å². The lowest BCUT2D eigenvalue weighted by Gasteiger charge is -2.20. The molecule has 0 saturated carbocycles. The zero-order valence-corrected chi connectivity index (χ0v) is 11.3.